The van der Waals surface area contributed by atoms with Gasteiger partial charge in [-0.25, -0.2) is 9.78 Å². The number of rotatable bonds is 5. The van der Waals surface area contributed by atoms with Crippen LogP contribution in [-0.4, -0.2) is 22.6 Å². The van der Waals surface area contributed by atoms with E-state index in [1.54, 1.807) is 23.5 Å². The van der Waals surface area contributed by atoms with Crippen molar-refractivity contribution in [3.05, 3.63) is 82.0 Å². The lowest BCUT2D eigenvalue weighted by Gasteiger charge is -2.10. The third-order valence-corrected chi connectivity index (χ3v) is 6.91. The number of carbonyl (C=O) groups excluding carboxylic acids is 1. The minimum Gasteiger partial charge on any atom is -0.465 e. The van der Waals surface area contributed by atoms with Crippen molar-refractivity contribution in [1.29, 1.82) is 5.26 Å². The van der Waals surface area contributed by atoms with E-state index >= 15 is 0 Å². The van der Waals surface area contributed by atoms with Crippen molar-refractivity contribution >= 4 is 45.4 Å². The van der Waals surface area contributed by atoms with E-state index in [1.165, 1.54) is 18.9 Å². The summed E-state index contributed by atoms with van der Waals surface area (Å²) >= 11 is 2.97. The number of fused-ring (bicyclic) bond motifs is 1. The SMILES string of the molecule is COC(=O)c1ccc(-n2c(C)cc(/C=C(\C#N)Sc3nc4ccccc4s3)c2C)cc1. The van der Waals surface area contributed by atoms with Crippen molar-refractivity contribution in [2.45, 2.75) is 18.2 Å². The van der Waals surface area contributed by atoms with Gasteiger partial charge in [0.1, 0.15) is 6.07 Å². The molecule has 2 aromatic carbocycles. The Labute approximate surface area is 188 Å². The highest BCUT2D eigenvalue weighted by Crippen LogP contribution is 2.35. The monoisotopic (exact) mass is 445 g/mol. The Balaban J connectivity index is 1.64. The molecule has 0 spiro atoms. The molecule has 0 saturated carbocycles. The molecule has 2 heterocycles. The number of esters is 1. The number of hydrogen-bond acceptors (Lipinski definition) is 6. The van der Waals surface area contributed by atoms with Crippen LogP contribution in [0, 0.1) is 25.2 Å². The lowest BCUT2D eigenvalue weighted by atomic mass is 10.2. The standard InChI is InChI=1S/C24H19N3O2S2/c1-15-12-18(16(2)27(15)19-10-8-17(9-11-19)23(28)29-3)13-20(14-25)30-24-26-21-6-4-5-7-22(21)31-24/h4-13H,1-3H3/b20-13+. The number of ether oxygens (including phenoxy) is 1. The quantitative estimate of drug-likeness (QED) is 0.209. The number of hydrogen-bond donors (Lipinski definition) is 0. The van der Waals surface area contributed by atoms with E-state index in [1.807, 2.05) is 56.3 Å². The molecule has 0 unspecified atom stereocenters. The maximum Gasteiger partial charge on any atom is 0.337 e. The van der Waals surface area contributed by atoms with Gasteiger partial charge in [-0.2, -0.15) is 5.26 Å². The van der Waals surface area contributed by atoms with Crippen molar-refractivity contribution in [3.63, 3.8) is 0 Å². The smallest absolute Gasteiger partial charge is 0.337 e. The van der Waals surface area contributed by atoms with E-state index in [0.29, 0.717) is 10.5 Å². The number of benzene rings is 2. The van der Waals surface area contributed by atoms with Crippen LogP contribution in [0.2, 0.25) is 0 Å². The molecule has 0 fully saturated rings. The van der Waals surface area contributed by atoms with Crippen LogP contribution in [-0.2, 0) is 4.74 Å². The van der Waals surface area contributed by atoms with Crippen LogP contribution in [0.5, 0.6) is 0 Å². The normalized spacial score (nSPS) is 11.5. The van der Waals surface area contributed by atoms with Crippen LogP contribution in [0.25, 0.3) is 22.0 Å². The molecule has 0 aliphatic carbocycles. The average Bonchev–Trinajstić information content (AvgIpc) is 3.32. The summed E-state index contributed by atoms with van der Waals surface area (Å²) < 4.78 is 8.82. The van der Waals surface area contributed by atoms with Crippen LogP contribution in [0.4, 0.5) is 0 Å². The second kappa shape index (κ2) is 8.80. The van der Waals surface area contributed by atoms with Gasteiger partial charge < -0.3 is 9.30 Å². The maximum absolute atomic E-state index is 11.7. The number of nitrogens with zero attached hydrogens (tertiary/aromatic N) is 3. The number of nitriles is 1. The van der Waals surface area contributed by atoms with Gasteiger partial charge in [0.05, 0.1) is 27.8 Å². The molecule has 0 N–H and O–H groups in total. The van der Waals surface area contributed by atoms with E-state index in [0.717, 1.165) is 37.2 Å². The summed E-state index contributed by atoms with van der Waals surface area (Å²) in [6.07, 6.45) is 1.90. The number of para-hydroxylation sites is 1. The molecule has 31 heavy (non-hydrogen) atoms. The molecule has 2 aromatic heterocycles. The number of carbonyl (C=O) groups is 1. The van der Waals surface area contributed by atoms with Gasteiger partial charge in [0.2, 0.25) is 0 Å². The van der Waals surface area contributed by atoms with E-state index in [2.05, 4.69) is 21.7 Å². The summed E-state index contributed by atoms with van der Waals surface area (Å²) in [6, 6.07) is 19.6. The van der Waals surface area contributed by atoms with Gasteiger partial charge in [-0.3, -0.25) is 0 Å². The van der Waals surface area contributed by atoms with Crippen molar-refractivity contribution in [3.8, 4) is 11.8 Å². The number of thiazole rings is 1. The molecule has 5 nitrogen and oxygen atoms in total. The van der Waals surface area contributed by atoms with Crippen LogP contribution < -0.4 is 0 Å². The van der Waals surface area contributed by atoms with Crippen LogP contribution >= 0.6 is 23.1 Å². The van der Waals surface area contributed by atoms with Crippen molar-refractivity contribution < 1.29 is 9.53 Å². The molecular formula is C24H19N3O2S2. The van der Waals surface area contributed by atoms with E-state index in [-0.39, 0.29) is 5.97 Å². The fraction of sp³-hybridized carbons (Fsp3) is 0.125. The number of thioether (sulfide) groups is 1. The first-order valence-corrected chi connectivity index (χ1v) is 11.2. The van der Waals surface area contributed by atoms with Crippen molar-refractivity contribution in [1.82, 2.24) is 9.55 Å². The van der Waals surface area contributed by atoms with Crippen LogP contribution in [0.3, 0.4) is 0 Å². The van der Waals surface area contributed by atoms with Gasteiger partial charge in [-0.15, -0.1) is 11.3 Å². The van der Waals surface area contributed by atoms with E-state index in [9.17, 15) is 10.1 Å². The van der Waals surface area contributed by atoms with Crippen LogP contribution in [0.1, 0.15) is 27.3 Å². The molecule has 0 bridgehead atoms. The summed E-state index contributed by atoms with van der Waals surface area (Å²) in [5, 5.41) is 9.70. The first-order valence-electron chi connectivity index (χ1n) is 9.53. The summed E-state index contributed by atoms with van der Waals surface area (Å²) in [5.41, 5.74) is 5.42. The molecule has 0 amide bonds. The number of allylic oxidation sites excluding steroid dienone is 1. The number of aryl methyl sites for hydroxylation is 1. The zero-order chi connectivity index (χ0) is 22.0. The molecule has 4 rings (SSSR count). The van der Waals surface area contributed by atoms with Gasteiger partial charge in [0.25, 0.3) is 0 Å². The Morgan fingerprint density at radius 3 is 2.61 bits per heavy atom. The maximum atomic E-state index is 11.7. The highest BCUT2D eigenvalue weighted by atomic mass is 32.2. The minimum atomic E-state index is -0.360. The summed E-state index contributed by atoms with van der Waals surface area (Å²) in [4.78, 5) is 16.9. The van der Waals surface area contributed by atoms with Gasteiger partial charge in [0.15, 0.2) is 4.34 Å². The summed E-state index contributed by atoms with van der Waals surface area (Å²) in [7, 11) is 1.37. The molecule has 154 valence electrons. The van der Waals surface area contributed by atoms with Crippen molar-refractivity contribution in [2.24, 2.45) is 0 Å². The second-order valence-corrected chi connectivity index (χ2v) is 9.19. The topological polar surface area (TPSA) is 67.9 Å². The summed E-state index contributed by atoms with van der Waals surface area (Å²) in [6.45, 7) is 4.04. The number of methoxy groups -OCH3 is 1. The fourth-order valence-corrected chi connectivity index (χ4v) is 5.38. The van der Waals surface area contributed by atoms with Gasteiger partial charge in [-0.1, -0.05) is 12.1 Å². The third kappa shape index (κ3) is 4.26. The zero-order valence-electron chi connectivity index (χ0n) is 17.2. The zero-order valence-corrected chi connectivity index (χ0v) is 18.9. The Morgan fingerprint density at radius 2 is 1.94 bits per heavy atom. The van der Waals surface area contributed by atoms with E-state index in [4.69, 9.17) is 4.74 Å². The lowest BCUT2D eigenvalue weighted by Crippen LogP contribution is -2.03. The molecular weight excluding hydrogens is 426 g/mol. The fourth-order valence-electron chi connectivity index (χ4n) is 3.41. The Morgan fingerprint density at radius 1 is 1.19 bits per heavy atom. The van der Waals surface area contributed by atoms with Gasteiger partial charge in [-0.05, 0) is 79.7 Å². The predicted molar refractivity (Wildman–Crippen MR) is 126 cm³/mol. The van der Waals surface area contributed by atoms with E-state index < -0.39 is 0 Å². The van der Waals surface area contributed by atoms with Gasteiger partial charge >= 0.3 is 5.97 Å². The Hall–Kier alpha value is -3.34. The highest BCUT2D eigenvalue weighted by molar-refractivity contribution is 8.05. The highest BCUT2D eigenvalue weighted by Gasteiger charge is 2.13. The third-order valence-electron chi connectivity index (χ3n) is 4.89. The second-order valence-electron chi connectivity index (χ2n) is 6.87. The van der Waals surface area contributed by atoms with Crippen LogP contribution in [0.15, 0.2) is 63.8 Å². The average molecular weight is 446 g/mol. The molecule has 4 aromatic rings. The van der Waals surface area contributed by atoms with Crippen molar-refractivity contribution in [2.75, 3.05) is 7.11 Å². The number of aromatic nitrogens is 2. The first-order chi connectivity index (χ1) is 15.0. The van der Waals surface area contributed by atoms with Gasteiger partial charge in [0, 0.05) is 17.1 Å². The molecule has 0 saturated heterocycles. The lowest BCUT2D eigenvalue weighted by molar-refractivity contribution is 0.0600. The minimum absolute atomic E-state index is 0.360. The molecule has 0 radical (unpaired) electrons. The molecule has 7 heteroatoms. The molecule has 0 aliphatic rings. The first kappa shape index (κ1) is 20.9. The predicted octanol–water partition coefficient (Wildman–Crippen LogP) is 6.15. The summed E-state index contributed by atoms with van der Waals surface area (Å²) in [5.74, 6) is -0.360. The Kier molecular flexibility index (Phi) is 5.94. The molecule has 0 atom stereocenters. The molecule has 0 aliphatic heterocycles. The largest absolute Gasteiger partial charge is 0.465 e. The Bertz CT molecular complexity index is 1310.